The number of fused-ring (bicyclic) bond motifs is 3. The SMILES string of the molecule is O=C(c1cccs1)[C@@H]1[C@H](c2ccccc2)[C@H]([N+](=O)[O-])[C@H]2C=Cc3ccccc3N21. The van der Waals surface area contributed by atoms with Crippen LogP contribution in [0.1, 0.15) is 26.7 Å². The minimum Gasteiger partial charge on any atom is -0.346 e. The Morgan fingerprint density at radius 2 is 1.76 bits per heavy atom. The van der Waals surface area contributed by atoms with Gasteiger partial charge in [-0.15, -0.1) is 11.3 Å². The molecular weight excluding hydrogens is 384 g/mol. The van der Waals surface area contributed by atoms with Gasteiger partial charge in [0, 0.05) is 10.6 Å². The molecule has 2 aliphatic rings. The third-order valence-corrected chi connectivity index (χ3v) is 6.71. The maximum absolute atomic E-state index is 13.6. The zero-order valence-electron chi connectivity index (χ0n) is 15.4. The van der Waals surface area contributed by atoms with E-state index in [1.807, 2.05) is 83.1 Å². The first-order valence-electron chi connectivity index (χ1n) is 9.48. The van der Waals surface area contributed by atoms with Gasteiger partial charge < -0.3 is 4.90 Å². The number of carbonyl (C=O) groups is 1. The molecule has 0 aliphatic carbocycles. The van der Waals surface area contributed by atoms with Gasteiger partial charge in [0.2, 0.25) is 6.04 Å². The third kappa shape index (κ3) is 2.79. The fourth-order valence-corrected chi connectivity index (χ4v) is 5.37. The van der Waals surface area contributed by atoms with E-state index in [0.717, 1.165) is 16.8 Å². The molecule has 144 valence electrons. The minimum absolute atomic E-state index is 0.0618. The van der Waals surface area contributed by atoms with Crippen molar-refractivity contribution in [3.8, 4) is 0 Å². The van der Waals surface area contributed by atoms with E-state index in [1.165, 1.54) is 11.3 Å². The van der Waals surface area contributed by atoms with Crippen molar-refractivity contribution < 1.29 is 9.72 Å². The molecule has 1 saturated heterocycles. The molecule has 0 bridgehead atoms. The van der Waals surface area contributed by atoms with E-state index in [0.29, 0.717) is 4.88 Å². The molecule has 3 aromatic rings. The Labute approximate surface area is 172 Å². The first-order valence-corrected chi connectivity index (χ1v) is 10.4. The van der Waals surface area contributed by atoms with Gasteiger partial charge in [-0.1, -0.05) is 66.7 Å². The van der Waals surface area contributed by atoms with E-state index in [1.54, 1.807) is 6.07 Å². The van der Waals surface area contributed by atoms with Crippen LogP contribution in [-0.2, 0) is 0 Å². The van der Waals surface area contributed by atoms with Crippen molar-refractivity contribution in [2.75, 3.05) is 4.90 Å². The standard InChI is InChI=1S/C23H18N2O3S/c26-23(19-11-6-14-29-19)22-20(16-8-2-1-3-9-16)21(25(27)28)18-13-12-15-7-4-5-10-17(15)24(18)22/h1-14,18,20-22H/t18-,20-,21-,22+/m1/s1. The molecule has 2 aromatic carbocycles. The second-order valence-corrected chi connectivity index (χ2v) is 8.26. The van der Waals surface area contributed by atoms with Crippen molar-refractivity contribution in [2.45, 2.75) is 24.0 Å². The van der Waals surface area contributed by atoms with E-state index >= 15 is 0 Å². The molecule has 4 atom stereocenters. The molecule has 6 heteroatoms. The summed E-state index contributed by atoms with van der Waals surface area (Å²) < 4.78 is 0. The minimum atomic E-state index is -0.907. The van der Waals surface area contributed by atoms with Crippen molar-refractivity contribution in [2.24, 2.45) is 0 Å². The monoisotopic (exact) mass is 402 g/mol. The molecule has 2 aliphatic heterocycles. The summed E-state index contributed by atoms with van der Waals surface area (Å²) in [6.07, 6.45) is 3.82. The highest BCUT2D eigenvalue weighted by Gasteiger charge is 2.58. The Bertz CT molecular complexity index is 1090. The van der Waals surface area contributed by atoms with Gasteiger partial charge in [-0.2, -0.15) is 0 Å². The molecular formula is C23H18N2O3S. The van der Waals surface area contributed by atoms with E-state index in [4.69, 9.17) is 0 Å². The summed E-state index contributed by atoms with van der Waals surface area (Å²) in [5.74, 6) is -0.602. The topological polar surface area (TPSA) is 63.4 Å². The van der Waals surface area contributed by atoms with Gasteiger partial charge in [-0.3, -0.25) is 14.9 Å². The molecule has 0 N–H and O–H groups in total. The van der Waals surface area contributed by atoms with Crippen molar-refractivity contribution in [3.63, 3.8) is 0 Å². The molecule has 0 saturated carbocycles. The normalized spacial score (nSPS) is 24.8. The molecule has 1 aromatic heterocycles. The predicted molar refractivity (Wildman–Crippen MR) is 114 cm³/mol. The first-order chi connectivity index (χ1) is 14.2. The van der Waals surface area contributed by atoms with E-state index < -0.39 is 24.0 Å². The van der Waals surface area contributed by atoms with Gasteiger partial charge in [-0.25, -0.2) is 0 Å². The number of hydrogen-bond acceptors (Lipinski definition) is 5. The highest BCUT2D eigenvalue weighted by atomic mass is 32.1. The van der Waals surface area contributed by atoms with Crippen LogP contribution in [0.15, 0.2) is 78.2 Å². The Hall–Kier alpha value is -3.25. The summed E-state index contributed by atoms with van der Waals surface area (Å²) >= 11 is 1.38. The first kappa shape index (κ1) is 17.8. The maximum atomic E-state index is 13.6. The summed E-state index contributed by atoms with van der Waals surface area (Å²) in [5.41, 5.74) is 2.67. The van der Waals surface area contributed by atoms with Crippen molar-refractivity contribution in [3.05, 3.63) is 104 Å². The lowest BCUT2D eigenvalue weighted by Crippen LogP contribution is -2.44. The second-order valence-electron chi connectivity index (χ2n) is 7.31. The van der Waals surface area contributed by atoms with E-state index in [-0.39, 0.29) is 10.7 Å². The lowest BCUT2D eigenvalue weighted by atomic mass is 9.85. The predicted octanol–water partition coefficient (Wildman–Crippen LogP) is 4.64. The fourth-order valence-electron chi connectivity index (χ4n) is 4.67. The molecule has 0 amide bonds. The molecule has 1 fully saturated rings. The number of Topliss-reactive ketones (excluding diaryl/α,β-unsaturated/α-hetero) is 1. The zero-order valence-corrected chi connectivity index (χ0v) is 16.2. The molecule has 0 unspecified atom stereocenters. The van der Waals surface area contributed by atoms with Crippen molar-refractivity contribution in [1.82, 2.24) is 0 Å². The summed E-state index contributed by atoms with van der Waals surface area (Å²) in [6.45, 7) is 0. The highest BCUT2D eigenvalue weighted by Crippen LogP contribution is 2.47. The number of nitrogens with zero attached hydrogens (tertiary/aromatic N) is 2. The summed E-state index contributed by atoms with van der Waals surface area (Å²) in [5, 5.41) is 14.1. The molecule has 5 rings (SSSR count). The number of thiophene rings is 1. The van der Waals surface area contributed by atoms with Gasteiger partial charge in [0.1, 0.15) is 12.1 Å². The Morgan fingerprint density at radius 3 is 2.48 bits per heavy atom. The summed E-state index contributed by atoms with van der Waals surface area (Å²) in [4.78, 5) is 28.3. The smallest absolute Gasteiger partial charge is 0.245 e. The fraction of sp³-hybridized carbons (Fsp3) is 0.174. The van der Waals surface area contributed by atoms with E-state index in [9.17, 15) is 14.9 Å². The van der Waals surface area contributed by atoms with Gasteiger partial charge in [0.25, 0.3) is 0 Å². The van der Waals surface area contributed by atoms with Crippen LogP contribution in [0.3, 0.4) is 0 Å². The average molecular weight is 402 g/mol. The van der Waals surface area contributed by atoms with Crippen LogP contribution in [0, 0.1) is 10.1 Å². The zero-order chi connectivity index (χ0) is 20.0. The average Bonchev–Trinajstić information content (AvgIpc) is 3.40. The van der Waals surface area contributed by atoms with Gasteiger partial charge in [0.05, 0.1) is 10.8 Å². The summed E-state index contributed by atoms with van der Waals surface area (Å²) in [7, 11) is 0. The highest BCUT2D eigenvalue weighted by molar-refractivity contribution is 7.12. The largest absolute Gasteiger partial charge is 0.346 e. The van der Waals surface area contributed by atoms with Crippen LogP contribution in [0.5, 0.6) is 0 Å². The number of rotatable bonds is 4. The maximum Gasteiger partial charge on any atom is 0.245 e. The Kier molecular flexibility index (Phi) is 4.28. The van der Waals surface area contributed by atoms with Crippen LogP contribution in [0.2, 0.25) is 0 Å². The van der Waals surface area contributed by atoms with Crippen LogP contribution < -0.4 is 4.90 Å². The van der Waals surface area contributed by atoms with Gasteiger partial charge >= 0.3 is 0 Å². The number of ketones is 1. The molecule has 5 nitrogen and oxygen atoms in total. The lowest BCUT2D eigenvalue weighted by molar-refractivity contribution is -0.524. The lowest BCUT2D eigenvalue weighted by Gasteiger charge is -2.34. The number of hydrogen-bond donors (Lipinski definition) is 0. The molecule has 3 heterocycles. The number of benzene rings is 2. The van der Waals surface area contributed by atoms with Crippen molar-refractivity contribution >= 4 is 28.9 Å². The summed E-state index contributed by atoms with van der Waals surface area (Å²) in [6, 6.07) is 18.8. The third-order valence-electron chi connectivity index (χ3n) is 5.83. The number of para-hydroxylation sites is 1. The Balaban J connectivity index is 1.73. The van der Waals surface area contributed by atoms with Crippen LogP contribution >= 0.6 is 11.3 Å². The van der Waals surface area contributed by atoms with Crippen LogP contribution in [-0.4, -0.2) is 28.8 Å². The second kappa shape index (κ2) is 6.97. The van der Waals surface area contributed by atoms with Crippen LogP contribution in [0.25, 0.3) is 6.08 Å². The van der Waals surface area contributed by atoms with Gasteiger partial charge in [-0.05, 0) is 28.6 Å². The number of nitro groups is 1. The molecule has 0 spiro atoms. The number of anilines is 1. The molecule has 0 radical (unpaired) electrons. The quantitative estimate of drug-likeness (QED) is 0.362. The van der Waals surface area contributed by atoms with E-state index in [2.05, 4.69) is 0 Å². The molecule has 29 heavy (non-hydrogen) atoms. The van der Waals surface area contributed by atoms with Crippen LogP contribution in [0.4, 0.5) is 5.69 Å². The number of carbonyl (C=O) groups excluding carboxylic acids is 1. The Morgan fingerprint density at radius 1 is 1.00 bits per heavy atom. The van der Waals surface area contributed by atoms with Gasteiger partial charge in [0.15, 0.2) is 5.78 Å². The van der Waals surface area contributed by atoms with Crippen molar-refractivity contribution in [1.29, 1.82) is 0 Å².